The SMILES string of the molecule is CC(C)Nc1nc(CCc2ccccc2)nc2c1cnn2C. The second-order valence-corrected chi connectivity index (χ2v) is 5.78. The molecular formula is C17H21N5. The van der Waals surface area contributed by atoms with Gasteiger partial charge in [-0.15, -0.1) is 0 Å². The van der Waals surface area contributed by atoms with E-state index in [1.54, 1.807) is 4.68 Å². The maximum Gasteiger partial charge on any atom is 0.163 e. The van der Waals surface area contributed by atoms with E-state index >= 15 is 0 Å². The van der Waals surface area contributed by atoms with Crippen LogP contribution in [0.5, 0.6) is 0 Å². The van der Waals surface area contributed by atoms with Crippen LogP contribution >= 0.6 is 0 Å². The average Bonchev–Trinajstić information content (AvgIpc) is 2.88. The van der Waals surface area contributed by atoms with Crippen molar-refractivity contribution in [3.8, 4) is 0 Å². The first kappa shape index (κ1) is 14.5. The monoisotopic (exact) mass is 295 g/mol. The minimum absolute atomic E-state index is 0.320. The minimum atomic E-state index is 0.320. The topological polar surface area (TPSA) is 55.6 Å². The van der Waals surface area contributed by atoms with Crippen molar-refractivity contribution < 1.29 is 0 Å². The number of rotatable bonds is 5. The lowest BCUT2D eigenvalue weighted by molar-refractivity contribution is 0.774. The van der Waals surface area contributed by atoms with Gasteiger partial charge in [0.2, 0.25) is 0 Å². The Kier molecular flexibility index (Phi) is 4.04. The smallest absolute Gasteiger partial charge is 0.163 e. The molecule has 0 unspecified atom stereocenters. The van der Waals surface area contributed by atoms with E-state index in [1.165, 1.54) is 5.56 Å². The van der Waals surface area contributed by atoms with Crippen LogP contribution < -0.4 is 5.32 Å². The molecule has 0 fully saturated rings. The highest BCUT2D eigenvalue weighted by atomic mass is 15.3. The third-order valence-electron chi connectivity index (χ3n) is 3.54. The number of hydrogen-bond donors (Lipinski definition) is 1. The van der Waals surface area contributed by atoms with Crippen LogP contribution in [0.25, 0.3) is 11.0 Å². The van der Waals surface area contributed by atoms with Gasteiger partial charge in [0, 0.05) is 19.5 Å². The molecule has 0 bridgehead atoms. The van der Waals surface area contributed by atoms with Crippen LogP contribution in [0.4, 0.5) is 5.82 Å². The van der Waals surface area contributed by atoms with E-state index in [4.69, 9.17) is 4.98 Å². The van der Waals surface area contributed by atoms with Crippen molar-refractivity contribution >= 4 is 16.9 Å². The average molecular weight is 295 g/mol. The summed E-state index contributed by atoms with van der Waals surface area (Å²) in [7, 11) is 1.91. The van der Waals surface area contributed by atoms with Crippen molar-refractivity contribution in [1.29, 1.82) is 0 Å². The Balaban J connectivity index is 1.90. The largest absolute Gasteiger partial charge is 0.367 e. The summed E-state index contributed by atoms with van der Waals surface area (Å²) < 4.78 is 1.80. The molecule has 1 N–H and O–H groups in total. The predicted octanol–water partition coefficient (Wildman–Crippen LogP) is 2.97. The maximum absolute atomic E-state index is 4.69. The molecule has 0 radical (unpaired) electrons. The highest BCUT2D eigenvalue weighted by molar-refractivity contribution is 5.86. The van der Waals surface area contributed by atoms with Gasteiger partial charge in [-0.05, 0) is 25.8 Å². The molecule has 1 aromatic carbocycles. The first-order valence-corrected chi connectivity index (χ1v) is 7.62. The lowest BCUT2D eigenvalue weighted by Gasteiger charge is -2.11. The zero-order chi connectivity index (χ0) is 15.5. The second-order valence-electron chi connectivity index (χ2n) is 5.78. The number of fused-ring (bicyclic) bond motifs is 1. The Morgan fingerprint density at radius 1 is 1.09 bits per heavy atom. The molecular weight excluding hydrogens is 274 g/mol. The summed E-state index contributed by atoms with van der Waals surface area (Å²) in [6.45, 7) is 4.21. The molecule has 5 heteroatoms. The van der Waals surface area contributed by atoms with Gasteiger partial charge in [0.1, 0.15) is 11.6 Å². The molecule has 5 nitrogen and oxygen atoms in total. The van der Waals surface area contributed by atoms with Crippen molar-refractivity contribution in [1.82, 2.24) is 19.7 Å². The molecule has 0 aliphatic heterocycles. The van der Waals surface area contributed by atoms with Gasteiger partial charge < -0.3 is 5.32 Å². The van der Waals surface area contributed by atoms with E-state index in [2.05, 4.69) is 53.5 Å². The van der Waals surface area contributed by atoms with Crippen LogP contribution in [-0.2, 0) is 19.9 Å². The van der Waals surface area contributed by atoms with Gasteiger partial charge in [-0.2, -0.15) is 5.10 Å². The van der Waals surface area contributed by atoms with Crippen LogP contribution in [0.1, 0.15) is 25.2 Å². The summed E-state index contributed by atoms with van der Waals surface area (Å²) in [6.07, 6.45) is 3.57. The van der Waals surface area contributed by atoms with E-state index in [0.29, 0.717) is 6.04 Å². The summed E-state index contributed by atoms with van der Waals surface area (Å²) in [4.78, 5) is 9.36. The lowest BCUT2D eigenvalue weighted by Crippen LogP contribution is -2.13. The molecule has 114 valence electrons. The molecule has 3 aromatic rings. The van der Waals surface area contributed by atoms with Crippen LogP contribution in [-0.4, -0.2) is 25.8 Å². The van der Waals surface area contributed by atoms with Crippen LogP contribution in [0.2, 0.25) is 0 Å². The quantitative estimate of drug-likeness (QED) is 0.786. The molecule has 0 spiro atoms. The maximum atomic E-state index is 4.69. The third kappa shape index (κ3) is 3.08. The Morgan fingerprint density at radius 3 is 2.59 bits per heavy atom. The second kappa shape index (κ2) is 6.13. The number of benzene rings is 1. The number of aromatic nitrogens is 4. The standard InChI is InChI=1S/C17H21N5/c1-12(2)19-16-14-11-18-22(3)17(14)21-15(20-16)10-9-13-7-5-4-6-8-13/h4-8,11-12H,9-10H2,1-3H3,(H,19,20,21). The van der Waals surface area contributed by atoms with Crippen LogP contribution in [0.15, 0.2) is 36.5 Å². The van der Waals surface area contributed by atoms with Gasteiger partial charge >= 0.3 is 0 Å². The molecule has 0 aliphatic carbocycles. The molecule has 0 saturated heterocycles. The van der Waals surface area contributed by atoms with Crippen LogP contribution in [0, 0.1) is 0 Å². The number of nitrogens with zero attached hydrogens (tertiary/aromatic N) is 4. The Labute approximate surface area is 130 Å². The van der Waals surface area contributed by atoms with Crippen LogP contribution in [0.3, 0.4) is 0 Å². The van der Waals surface area contributed by atoms with Crippen molar-refractivity contribution in [3.63, 3.8) is 0 Å². The van der Waals surface area contributed by atoms with E-state index < -0.39 is 0 Å². The highest BCUT2D eigenvalue weighted by Gasteiger charge is 2.12. The molecule has 2 aromatic heterocycles. The van der Waals surface area contributed by atoms with Gasteiger partial charge in [-0.3, -0.25) is 4.68 Å². The fourth-order valence-electron chi connectivity index (χ4n) is 2.46. The van der Waals surface area contributed by atoms with Gasteiger partial charge in [-0.25, -0.2) is 9.97 Å². The van der Waals surface area contributed by atoms with Gasteiger partial charge in [0.25, 0.3) is 0 Å². The lowest BCUT2D eigenvalue weighted by atomic mass is 10.1. The fraction of sp³-hybridized carbons (Fsp3) is 0.353. The molecule has 0 atom stereocenters. The van der Waals surface area contributed by atoms with Crippen molar-refractivity contribution in [2.24, 2.45) is 7.05 Å². The summed E-state index contributed by atoms with van der Waals surface area (Å²) in [6, 6.07) is 10.7. The molecule has 0 amide bonds. The first-order valence-electron chi connectivity index (χ1n) is 7.62. The predicted molar refractivity (Wildman–Crippen MR) is 88.9 cm³/mol. The zero-order valence-electron chi connectivity index (χ0n) is 13.2. The van der Waals surface area contributed by atoms with Crippen molar-refractivity contribution in [2.45, 2.75) is 32.7 Å². The summed E-state index contributed by atoms with van der Waals surface area (Å²) in [5.41, 5.74) is 2.18. The van der Waals surface area contributed by atoms with E-state index in [-0.39, 0.29) is 0 Å². The molecule has 2 heterocycles. The Morgan fingerprint density at radius 2 is 1.86 bits per heavy atom. The van der Waals surface area contributed by atoms with Crippen molar-refractivity contribution in [2.75, 3.05) is 5.32 Å². The normalized spacial score (nSPS) is 11.3. The number of aryl methyl sites for hydroxylation is 3. The molecule has 0 saturated carbocycles. The summed E-state index contributed by atoms with van der Waals surface area (Å²) >= 11 is 0. The number of hydrogen-bond acceptors (Lipinski definition) is 4. The Bertz CT molecular complexity index is 761. The van der Waals surface area contributed by atoms with Gasteiger partial charge in [0.15, 0.2) is 5.65 Å². The van der Waals surface area contributed by atoms with E-state index in [9.17, 15) is 0 Å². The molecule has 3 rings (SSSR count). The Hall–Kier alpha value is -2.43. The minimum Gasteiger partial charge on any atom is -0.367 e. The van der Waals surface area contributed by atoms with E-state index in [1.807, 2.05) is 19.3 Å². The number of anilines is 1. The third-order valence-corrected chi connectivity index (χ3v) is 3.54. The van der Waals surface area contributed by atoms with Gasteiger partial charge in [0.05, 0.1) is 11.6 Å². The highest BCUT2D eigenvalue weighted by Crippen LogP contribution is 2.20. The van der Waals surface area contributed by atoms with Crippen molar-refractivity contribution in [3.05, 3.63) is 47.9 Å². The summed E-state index contributed by atoms with van der Waals surface area (Å²) in [5.74, 6) is 1.72. The fourth-order valence-corrected chi connectivity index (χ4v) is 2.46. The molecule has 22 heavy (non-hydrogen) atoms. The van der Waals surface area contributed by atoms with Gasteiger partial charge in [-0.1, -0.05) is 30.3 Å². The molecule has 0 aliphatic rings. The zero-order valence-corrected chi connectivity index (χ0v) is 13.2. The van der Waals surface area contributed by atoms with E-state index in [0.717, 1.165) is 35.5 Å². The first-order chi connectivity index (χ1) is 10.6. The summed E-state index contributed by atoms with van der Waals surface area (Å²) in [5, 5.41) is 8.66. The number of nitrogens with one attached hydrogen (secondary N) is 1.